The first kappa shape index (κ1) is 15.3. The molecule has 120 valence electrons. The zero-order valence-corrected chi connectivity index (χ0v) is 13.1. The summed E-state index contributed by atoms with van der Waals surface area (Å²) in [4.78, 5) is 0. The van der Waals surface area contributed by atoms with E-state index in [1.54, 1.807) is 23.2 Å². The molecule has 0 aromatic carbocycles. The molecule has 8 heteroatoms. The summed E-state index contributed by atoms with van der Waals surface area (Å²) in [7, 11) is -3.48. The first-order valence-corrected chi connectivity index (χ1v) is 8.88. The molecule has 0 saturated carbocycles. The fourth-order valence-electron chi connectivity index (χ4n) is 2.75. The van der Waals surface area contributed by atoms with Crippen LogP contribution >= 0.6 is 0 Å². The second-order valence-electron chi connectivity index (χ2n) is 5.31. The normalized spacial score (nSPS) is 19.7. The highest BCUT2D eigenvalue weighted by Gasteiger charge is 2.36. The Morgan fingerprint density at radius 2 is 2.32 bits per heavy atom. The third-order valence-electron chi connectivity index (χ3n) is 3.79. The van der Waals surface area contributed by atoms with Gasteiger partial charge in [-0.2, -0.15) is 17.8 Å². The predicted octanol–water partition coefficient (Wildman–Crippen LogP) is 1.54. The van der Waals surface area contributed by atoms with Crippen molar-refractivity contribution in [1.29, 1.82) is 0 Å². The van der Waals surface area contributed by atoms with E-state index >= 15 is 0 Å². The number of aromatic nitrogens is 2. The first-order chi connectivity index (χ1) is 10.7. The molecule has 0 aliphatic carbocycles. The molecule has 0 unspecified atom stereocenters. The van der Waals surface area contributed by atoms with Gasteiger partial charge in [0.15, 0.2) is 0 Å². The van der Waals surface area contributed by atoms with Crippen LogP contribution in [-0.4, -0.2) is 35.6 Å². The molecule has 2 aromatic heterocycles. The molecule has 0 amide bonds. The van der Waals surface area contributed by atoms with Crippen LogP contribution < -0.4 is 4.72 Å². The van der Waals surface area contributed by atoms with Crippen molar-refractivity contribution < 1.29 is 12.8 Å². The molecule has 0 radical (unpaired) electrons. The van der Waals surface area contributed by atoms with Crippen molar-refractivity contribution in [3.05, 3.63) is 42.6 Å². The van der Waals surface area contributed by atoms with E-state index in [2.05, 4.69) is 9.82 Å². The average Bonchev–Trinajstić information content (AvgIpc) is 3.24. The highest BCUT2D eigenvalue weighted by Crippen LogP contribution is 2.33. The maximum atomic E-state index is 12.5. The molecule has 22 heavy (non-hydrogen) atoms. The fraction of sp³-hybridized carbons (Fsp3) is 0.500. The molecule has 1 N–H and O–H groups in total. The number of hydrogen-bond donors (Lipinski definition) is 1. The zero-order chi connectivity index (χ0) is 15.4. The topological polar surface area (TPSA) is 80.4 Å². The average molecular weight is 324 g/mol. The third-order valence-corrected chi connectivity index (χ3v) is 5.42. The fourth-order valence-corrected chi connectivity index (χ4v) is 4.23. The van der Waals surface area contributed by atoms with E-state index in [0.717, 1.165) is 12.8 Å². The van der Waals surface area contributed by atoms with Crippen LogP contribution in [0.5, 0.6) is 0 Å². The molecule has 0 spiro atoms. The Labute approximate surface area is 130 Å². The molecule has 1 fully saturated rings. The van der Waals surface area contributed by atoms with Gasteiger partial charge in [0.2, 0.25) is 0 Å². The molecule has 1 aliphatic rings. The van der Waals surface area contributed by atoms with Crippen molar-refractivity contribution in [3.8, 4) is 0 Å². The Morgan fingerprint density at radius 1 is 1.41 bits per heavy atom. The van der Waals surface area contributed by atoms with Gasteiger partial charge in [0.25, 0.3) is 10.2 Å². The smallest absolute Gasteiger partial charge is 0.280 e. The number of furan rings is 1. The van der Waals surface area contributed by atoms with Gasteiger partial charge < -0.3 is 4.42 Å². The van der Waals surface area contributed by atoms with Gasteiger partial charge in [-0.15, -0.1) is 0 Å². The maximum Gasteiger partial charge on any atom is 0.280 e. The molecular weight excluding hydrogens is 304 g/mol. The molecule has 2 aromatic rings. The molecule has 0 bridgehead atoms. The minimum atomic E-state index is -3.48. The minimum absolute atomic E-state index is 0.196. The number of nitrogens with zero attached hydrogens (tertiary/aromatic N) is 3. The lowest BCUT2D eigenvalue weighted by Crippen LogP contribution is -2.40. The molecule has 7 nitrogen and oxygen atoms in total. The second kappa shape index (κ2) is 6.64. The summed E-state index contributed by atoms with van der Waals surface area (Å²) in [6.45, 7) is 1.61. The van der Waals surface area contributed by atoms with Crippen molar-refractivity contribution in [1.82, 2.24) is 18.8 Å². The van der Waals surface area contributed by atoms with E-state index in [1.807, 2.05) is 18.3 Å². The number of aryl methyl sites for hydroxylation is 1. The van der Waals surface area contributed by atoms with Crippen LogP contribution in [0.25, 0.3) is 0 Å². The summed E-state index contributed by atoms with van der Waals surface area (Å²) < 4.78 is 36.2. The van der Waals surface area contributed by atoms with Crippen molar-refractivity contribution in [2.75, 3.05) is 13.1 Å². The van der Waals surface area contributed by atoms with Gasteiger partial charge in [-0.05, 0) is 37.5 Å². The number of rotatable bonds is 7. The quantitative estimate of drug-likeness (QED) is 0.783. The Kier molecular flexibility index (Phi) is 4.60. The standard InChI is InChI=1S/C14H20N4O3S/c19-22(20,16-8-4-10-17-9-3-7-15-17)18-11-1-5-13(18)14-6-2-12-21-14/h2-3,6-7,9,12-13,16H,1,4-5,8,10-11H2/t13-/m0/s1. The highest BCUT2D eigenvalue weighted by atomic mass is 32.2. The number of nitrogens with one attached hydrogen (secondary N) is 1. The van der Waals surface area contributed by atoms with E-state index < -0.39 is 10.2 Å². The van der Waals surface area contributed by atoms with Crippen LogP contribution in [-0.2, 0) is 16.8 Å². The van der Waals surface area contributed by atoms with Crippen molar-refractivity contribution in [2.24, 2.45) is 0 Å². The Bertz CT molecular complexity index is 667. The van der Waals surface area contributed by atoms with Crippen molar-refractivity contribution in [2.45, 2.75) is 31.8 Å². The van der Waals surface area contributed by atoms with E-state index in [4.69, 9.17) is 4.42 Å². The molecule has 3 heterocycles. The lowest BCUT2D eigenvalue weighted by molar-refractivity contribution is 0.335. The van der Waals surface area contributed by atoms with Gasteiger partial charge in [-0.25, -0.2) is 4.72 Å². The van der Waals surface area contributed by atoms with E-state index in [-0.39, 0.29) is 6.04 Å². The first-order valence-electron chi connectivity index (χ1n) is 7.44. The summed E-state index contributed by atoms with van der Waals surface area (Å²) in [6.07, 6.45) is 7.49. The Hall–Kier alpha value is -1.64. The van der Waals surface area contributed by atoms with E-state index in [0.29, 0.717) is 31.8 Å². The molecule has 3 rings (SSSR count). The minimum Gasteiger partial charge on any atom is -0.468 e. The Morgan fingerprint density at radius 3 is 3.05 bits per heavy atom. The van der Waals surface area contributed by atoms with Crippen LogP contribution in [0.3, 0.4) is 0 Å². The summed E-state index contributed by atoms with van der Waals surface area (Å²) in [6, 6.07) is 5.27. The Balaban J connectivity index is 1.55. The molecular formula is C14H20N4O3S. The zero-order valence-electron chi connectivity index (χ0n) is 12.3. The summed E-state index contributed by atoms with van der Waals surface area (Å²) in [5, 5.41) is 4.09. The van der Waals surface area contributed by atoms with Gasteiger partial charge in [-0.1, -0.05) is 0 Å². The number of hydrogen-bond acceptors (Lipinski definition) is 4. The summed E-state index contributed by atoms with van der Waals surface area (Å²) in [5.41, 5.74) is 0. The van der Waals surface area contributed by atoms with Gasteiger partial charge >= 0.3 is 0 Å². The lowest BCUT2D eigenvalue weighted by atomic mass is 10.2. The van der Waals surface area contributed by atoms with Gasteiger partial charge in [0.1, 0.15) is 5.76 Å². The van der Waals surface area contributed by atoms with Crippen LogP contribution in [0, 0.1) is 0 Å². The molecule has 1 atom stereocenters. The molecule has 1 saturated heterocycles. The molecule has 1 aliphatic heterocycles. The lowest BCUT2D eigenvalue weighted by Gasteiger charge is -2.22. The maximum absolute atomic E-state index is 12.5. The van der Waals surface area contributed by atoms with Crippen LogP contribution in [0.15, 0.2) is 41.3 Å². The van der Waals surface area contributed by atoms with Gasteiger partial charge in [0, 0.05) is 32.0 Å². The third kappa shape index (κ3) is 3.40. The van der Waals surface area contributed by atoms with E-state index in [9.17, 15) is 8.42 Å². The monoisotopic (exact) mass is 324 g/mol. The highest BCUT2D eigenvalue weighted by molar-refractivity contribution is 7.87. The van der Waals surface area contributed by atoms with Crippen molar-refractivity contribution in [3.63, 3.8) is 0 Å². The van der Waals surface area contributed by atoms with E-state index in [1.165, 1.54) is 4.31 Å². The summed E-state index contributed by atoms with van der Waals surface area (Å²) in [5.74, 6) is 0.708. The summed E-state index contributed by atoms with van der Waals surface area (Å²) >= 11 is 0. The second-order valence-corrected chi connectivity index (χ2v) is 7.01. The van der Waals surface area contributed by atoms with Crippen molar-refractivity contribution >= 4 is 10.2 Å². The van der Waals surface area contributed by atoms with Gasteiger partial charge in [-0.3, -0.25) is 4.68 Å². The van der Waals surface area contributed by atoms with Crippen LogP contribution in [0.2, 0.25) is 0 Å². The SMILES string of the molecule is O=S(=O)(NCCCn1cccn1)N1CCC[C@H]1c1ccco1. The largest absolute Gasteiger partial charge is 0.468 e. The van der Waals surface area contributed by atoms with Crippen LogP contribution in [0.1, 0.15) is 31.1 Å². The van der Waals surface area contributed by atoms with Crippen LogP contribution in [0.4, 0.5) is 0 Å². The van der Waals surface area contributed by atoms with Gasteiger partial charge in [0.05, 0.1) is 12.3 Å². The predicted molar refractivity (Wildman–Crippen MR) is 81.2 cm³/mol.